The molecule has 5 aromatic rings. The van der Waals surface area contributed by atoms with Crippen LogP contribution >= 0.6 is 15.9 Å². The van der Waals surface area contributed by atoms with Crippen LogP contribution in [-0.4, -0.2) is 35.4 Å². The fourth-order valence-corrected chi connectivity index (χ4v) is 4.41. The van der Waals surface area contributed by atoms with E-state index < -0.39 is 23.3 Å². The molecule has 0 spiro atoms. The average molecular weight is 613 g/mol. The molecule has 1 heterocycles. The quantitative estimate of drug-likeness (QED) is 0.0730. The number of carbonyl (C=O) groups excluding carboxylic acids is 2. The number of aromatic nitrogens is 1. The maximum absolute atomic E-state index is 13.2. The molecule has 204 valence electrons. The minimum absolute atomic E-state index is 0.0443. The fraction of sp³-hybridized carbons (Fsp3) is 0.0645. The molecule has 0 bridgehead atoms. The van der Waals surface area contributed by atoms with Gasteiger partial charge < -0.3 is 14.2 Å². The van der Waals surface area contributed by atoms with Gasteiger partial charge in [-0.2, -0.15) is 0 Å². The maximum atomic E-state index is 13.2. The summed E-state index contributed by atoms with van der Waals surface area (Å²) in [6.45, 7) is -0.461. The Kier molecular flexibility index (Phi) is 8.02. The van der Waals surface area contributed by atoms with Crippen molar-refractivity contribution in [2.24, 2.45) is 0 Å². The number of hydrogen-bond donors (Lipinski definition) is 0. The van der Waals surface area contributed by atoms with Crippen LogP contribution < -0.4 is 9.47 Å². The SMILES string of the molecule is COc1ccc(-c2cc(C(=O)OCC(=O)c3ccc(Oc4ccc([N+](=O)[O-])cc4)cc3)c3cc(Br)ccc3n2)cc1. The number of non-ortho nitro benzene ring substituents is 1. The van der Waals surface area contributed by atoms with Gasteiger partial charge in [-0.05, 0) is 84.9 Å². The van der Waals surface area contributed by atoms with Crippen molar-refractivity contribution in [3.05, 3.63) is 123 Å². The van der Waals surface area contributed by atoms with Crippen LogP contribution in [0.5, 0.6) is 17.2 Å². The highest BCUT2D eigenvalue weighted by atomic mass is 79.9. The molecule has 0 aliphatic heterocycles. The molecule has 0 N–H and O–H groups in total. The number of pyridine rings is 1. The summed E-state index contributed by atoms with van der Waals surface area (Å²) in [6, 6.07) is 26.3. The van der Waals surface area contributed by atoms with Crippen LogP contribution in [0.4, 0.5) is 5.69 Å². The molecule has 5 rings (SSSR count). The molecule has 0 radical (unpaired) electrons. The van der Waals surface area contributed by atoms with Crippen molar-refractivity contribution in [2.75, 3.05) is 13.7 Å². The average Bonchev–Trinajstić information content (AvgIpc) is 3.00. The van der Waals surface area contributed by atoms with E-state index in [4.69, 9.17) is 19.2 Å². The summed E-state index contributed by atoms with van der Waals surface area (Å²) in [5.41, 5.74) is 2.53. The molecular formula is C31H21BrN2O7. The summed E-state index contributed by atoms with van der Waals surface area (Å²) in [4.78, 5) is 41.0. The van der Waals surface area contributed by atoms with Gasteiger partial charge in [-0.1, -0.05) is 15.9 Å². The zero-order valence-corrected chi connectivity index (χ0v) is 23.2. The van der Waals surface area contributed by atoms with E-state index in [9.17, 15) is 19.7 Å². The highest BCUT2D eigenvalue weighted by molar-refractivity contribution is 9.10. The number of benzene rings is 4. The van der Waals surface area contributed by atoms with Gasteiger partial charge in [0, 0.05) is 33.1 Å². The number of nitro groups is 1. The lowest BCUT2D eigenvalue weighted by atomic mass is 10.0. The summed E-state index contributed by atoms with van der Waals surface area (Å²) < 4.78 is 17.1. The van der Waals surface area contributed by atoms with Gasteiger partial charge in [0.2, 0.25) is 0 Å². The van der Waals surface area contributed by atoms with Crippen molar-refractivity contribution in [3.8, 4) is 28.5 Å². The molecule has 10 heteroatoms. The van der Waals surface area contributed by atoms with E-state index in [1.807, 2.05) is 30.3 Å². The lowest BCUT2D eigenvalue weighted by Crippen LogP contribution is -2.15. The number of carbonyl (C=O) groups is 2. The summed E-state index contributed by atoms with van der Waals surface area (Å²) in [6.07, 6.45) is 0. The van der Waals surface area contributed by atoms with Crippen molar-refractivity contribution in [1.29, 1.82) is 0 Å². The minimum atomic E-state index is -0.656. The zero-order chi connectivity index (χ0) is 28.9. The van der Waals surface area contributed by atoms with Crippen LogP contribution in [0.15, 0.2) is 102 Å². The molecule has 9 nitrogen and oxygen atoms in total. The predicted molar refractivity (Wildman–Crippen MR) is 156 cm³/mol. The first-order valence-corrected chi connectivity index (χ1v) is 13.1. The Bertz CT molecular complexity index is 1750. The number of fused-ring (bicyclic) bond motifs is 1. The normalized spacial score (nSPS) is 10.7. The van der Waals surface area contributed by atoms with E-state index in [1.54, 1.807) is 49.6 Å². The van der Waals surface area contributed by atoms with E-state index >= 15 is 0 Å². The van der Waals surface area contributed by atoms with Crippen molar-refractivity contribution >= 4 is 44.3 Å². The lowest BCUT2D eigenvalue weighted by Gasteiger charge is -2.11. The van der Waals surface area contributed by atoms with Crippen LogP contribution in [0, 0.1) is 10.1 Å². The second-order valence-electron chi connectivity index (χ2n) is 8.82. The van der Waals surface area contributed by atoms with Gasteiger partial charge in [0.25, 0.3) is 5.69 Å². The first-order valence-electron chi connectivity index (χ1n) is 12.3. The van der Waals surface area contributed by atoms with Crippen LogP contribution in [0.2, 0.25) is 0 Å². The van der Waals surface area contributed by atoms with E-state index in [-0.39, 0.29) is 11.3 Å². The van der Waals surface area contributed by atoms with E-state index in [0.717, 1.165) is 10.0 Å². The standard InChI is InChI=1S/C31H21BrN2O7/c1-39-23-9-2-19(3-10-23)29-17-27(26-16-21(32)6-15-28(26)33-29)31(36)40-18-30(35)20-4-11-24(12-5-20)41-25-13-7-22(8-14-25)34(37)38/h2-17H,18H2,1H3. The van der Waals surface area contributed by atoms with Gasteiger partial charge >= 0.3 is 5.97 Å². The van der Waals surface area contributed by atoms with Gasteiger partial charge in [0.1, 0.15) is 17.2 Å². The number of ether oxygens (including phenoxy) is 3. The van der Waals surface area contributed by atoms with E-state index in [1.165, 1.54) is 24.3 Å². The molecule has 0 atom stereocenters. The molecule has 1 aromatic heterocycles. The fourth-order valence-electron chi connectivity index (χ4n) is 4.05. The number of Topliss-reactive ketones (excluding diaryl/α,β-unsaturated/α-hetero) is 1. The summed E-state index contributed by atoms with van der Waals surface area (Å²) >= 11 is 3.44. The van der Waals surface area contributed by atoms with Crippen molar-refractivity contribution in [2.45, 2.75) is 0 Å². The van der Waals surface area contributed by atoms with Crippen LogP contribution in [-0.2, 0) is 4.74 Å². The van der Waals surface area contributed by atoms with Crippen LogP contribution in [0.3, 0.4) is 0 Å². The number of esters is 1. The highest BCUT2D eigenvalue weighted by Gasteiger charge is 2.18. The Balaban J connectivity index is 1.30. The Morgan fingerprint density at radius 1 is 0.854 bits per heavy atom. The largest absolute Gasteiger partial charge is 0.497 e. The Labute approximate surface area is 242 Å². The summed E-state index contributed by atoms with van der Waals surface area (Å²) in [7, 11) is 1.58. The van der Waals surface area contributed by atoms with Gasteiger partial charge in [0.15, 0.2) is 12.4 Å². The molecule has 0 saturated heterocycles. The number of ketones is 1. The molecule has 0 aliphatic carbocycles. The topological polar surface area (TPSA) is 118 Å². The molecule has 0 saturated carbocycles. The number of hydrogen-bond acceptors (Lipinski definition) is 8. The number of halogens is 1. The van der Waals surface area contributed by atoms with Gasteiger partial charge in [-0.25, -0.2) is 9.78 Å². The number of nitrogens with zero attached hydrogens (tertiary/aromatic N) is 2. The van der Waals surface area contributed by atoms with Crippen molar-refractivity contribution in [1.82, 2.24) is 4.98 Å². The Hall–Kier alpha value is -5.09. The van der Waals surface area contributed by atoms with Gasteiger partial charge in [0.05, 0.1) is 28.8 Å². The molecule has 0 unspecified atom stereocenters. The highest BCUT2D eigenvalue weighted by Crippen LogP contribution is 2.29. The van der Waals surface area contributed by atoms with E-state index in [2.05, 4.69) is 15.9 Å². The monoisotopic (exact) mass is 612 g/mol. The van der Waals surface area contributed by atoms with Crippen LogP contribution in [0.25, 0.3) is 22.2 Å². The van der Waals surface area contributed by atoms with Crippen molar-refractivity contribution in [3.63, 3.8) is 0 Å². The maximum Gasteiger partial charge on any atom is 0.339 e. The minimum Gasteiger partial charge on any atom is -0.497 e. The number of rotatable bonds is 9. The molecule has 4 aromatic carbocycles. The van der Waals surface area contributed by atoms with Gasteiger partial charge in [-0.15, -0.1) is 0 Å². The molecule has 0 aliphatic rings. The Morgan fingerprint density at radius 2 is 1.49 bits per heavy atom. The molecule has 0 amide bonds. The second kappa shape index (κ2) is 12.0. The summed E-state index contributed by atoms with van der Waals surface area (Å²) in [5.74, 6) is 0.496. The third kappa shape index (κ3) is 6.39. The van der Waals surface area contributed by atoms with Crippen molar-refractivity contribution < 1.29 is 28.7 Å². The zero-order valence-electron chi connectivity index (χ0n) is 21.6. The summed E-state index contributed by atoms with van der Waals surface area (Å²) in [5, 5.41) is 11.4. The predicted octanol–water partition coefficient (Wildman–Crippen LogP) is 7.41. The first kappa shape index (κ1) is 27.5. The lowest BCUT2D eigenvalue weighted by molar-refractivity contribution is -0.384. The number of methoxy groups -OCH3 is 1. The molecule has 41 heavy (non-hydrogen) atoms. The third-order valence-electron chi connectivity index (χ3n) is 6.17. The smallest absolute Gasteiger partial charge is 0.339 e. The van der Waals surface area contributed by atoms with E-state index in [0.29, 0.717) is 39.4 Å². The number of nitro benzene ring substituents is 1. The first-order chi connectivity index (χ1) is 19.8. The second-order valence-corrected chi connectivity index (χ2v) is 9.74. The third-order valence-corrected chi connectivity index (χ3v) is 6.66. The van der Waals surface area contributed by atoms with Crippen LogP contribution in [0.1, 0.15) is 20.7 Å². The Morgan fingerprint density at radius 3 is 2.12 bits per heavy atom. The van der Waals surface area contributed by atoms with Gasteiger partial charge in [-0.3, -0.25) is 14.9 Å². The molecular weight excluding hydrogens is 592 g/mol. The molecule has 0 fully saturated rings.